The summed E-state index contributed by atoms with van der Waals surface area (Å²) in [5.41, 5.74) is -0.00935. The molecular weight excluding hydrogens is 184 g/mol. The van der Waals surface area contributed by atoms with Gasteiger partial charge in [0.05, 0.1) is 11.1 Å². The molecule has 0 aliphatic heterocycles. The molecule has 0 unspecified atom stereocenters. The Labute approximate surface area is 78.8 Å². The quantitative estimate of drug-likeness (QED) is 0.549. The monoisotopic (exact) mass is 190 g/mol. The van der Waals surface area contributed by atoms with Gasteiger partial charge in [-0.25, -0.2) is 0 Å². The van der Waals surface area contributed by atoms with E-state index in [4.69, 9.17) is 0 Å². The van der Waals surface area contributed by atoms with Gasteiger partial charge < -0.3 is 5.11 Å². The molecule has 1 heterocycles. The molecule has 0 spiro atoms. The van der Waals surface area contributed by atoms with Gasteiger partial charge >= 0.3 is 0 Å². The van der Waals surface area contributed by atoms with Crippen LogP contribution in [0.4, 0.5) is 5.69 Å². The number of hydrogen-bond acceptors (Lipinski definition) is 4. The second-order valence-corrected chi connectivity index (χ2v) is 2.82. The lowest BCUT2D eigenvalue weighted by atomic mass is 10.1. The van der Waals surface area contributed by atoms with Gasteiger partial charge in [-0.05, 0) is 6.07 Å². The van der Waals surface area contributed by atoms with E-state index in [1.807, 2.05) is 0 Å². The molecule has 5 heteroatoms. The summed E-state index contributed by atoms with van der Waals surface area (Å²) < 4.78 is 0. The van der Waals surface area contributed by atoms with Crippen LogP contribution in [0.5, 0.6) is 5.75 Å². The van der Waals surface area contributed by atoms with Gasteiger partial charge in [0.1, 0.15) is 5.75 Å². The number of fused-ring (bicyclic) bond motifs is 1. The Morgan fingerprint density at radius 1 is 1.36 bits per heavy atom. The lowest BCUT2D eigenvalue weighted by molar-refractivity contribution is -0.384. The Morgan fingerprint density at radius 2 is 2.14 bits per heavy atom. The number of aromatic nitrogens is 1. The van der Waals surface area contributed by atoms with Gasteiger partial charge in [-0.3, -0.25) is 15.1 Å². The highest BCUT2D eigenvalue weighted by molar-refractivity contribution is 5.88. The molecule has 2 aromatic rings. The van der Waals surface area contributed by atoms with Crippen molar-refractivity contribution in [2.24, 2.45) is 0 Å². The lowest BCUT2D eigenvalue weighted by Crippen LogP contribution is -1.87. The standard InChI is InChI=1S/C9H6N2O3/c12-9-5-10-4-6-3-7(11(13)14)1-2-8(6)9/h1-5,12H. The molecule has 0 aliphatic rings. The Bertz CT molecular complexity index is 510. The summed E-state index contributed by atoms with van der Waals surface area (Å²) in [6, 6.07) is 4.23. The number of hydrogen-bond donors (Lipinski definition) is 1. The van der Waals surface area contributed by atoms with Gasteiger partial charge in [-0.2, -0.15) is 0 Å². The molecule has 1 aromatic carbocycles. The fourth-order valence-corrected chi connectivity index (χ4v) is 1.26. The molecule has 0 amide bonds. The summed E-state index contributed by atoms with van der Waals surface area (Å²) in [6.07, 6.45) is 2.77. The first kappa shape index (κ1) is 8.43. The van der Waals surface area contributed by atoms with Gasteiger partial charge in [0.25, 0.3) is 5.69 Å². The molecular formula is C9H6N2O3. The molecule has 0 saturated carbocycles. The Morgan fingerprint density at radius 3 is 2.86 bits per heavy atom. The molecule has 14 heavy (non-hydrogen) atoms. The average molecular weight is 190 g/mol. The fraction of sp³-hybridized carbons (Fsp3) is 0. The van der Waals surface area contributed by atoms with Crippen molar-refractivity contribution in [2.75, 3.05) is 0 Å². The number of nitrogens with zero attached hydrogens (tertiary/aromatic N) is 2. The Kier molecular flexibility index (Phi) is 1.78. The minimum absolute atomic E-state index is 0.00935. The van der Waals surface area contributed by atoms with Crippen molar-refractivity contribution in [1.29, 1.82) is 0 Å². The van der Waals surface area contributed by atoms with Crippen LogP contribution < -0.4 is 0 Å². The molecule has 1 N–H and O–H groups in total. The average Bonchev–Trinajstić information content (AvgIpc) is 2.17. The summed E-state index contributed by atoms with van der Waals surface area (Å²) >= 11 is 0. The Hall–Kier alpha value is -2.17. The second-order valence-electron chi connectivity index (χ2n) is 2.82. The first-order valence-corrected chi connectivity index (χ1v) is 3.89. The van der Waals surface area contributed by atoms with E-state index in [1.165, 1.54) is 30.6 Å². The molecule has 0 fully saturated rings. The number of rotatable bonds is 1. The summed E-state index contributed by atoms with van der Waals surface area (Å²) in [5, 5.41) is 20.9. The minimum atomic E-state index is -0.483. The van der Waals surface area contributed by atoms with Crippen molar-refractivity contribution >= 4 is 16.5 Å². The zero-order valence-corrected chi connectivity index (χ0v) is 7.04. The van der Waals surface area contributed by atoms with E-state index in [0.717, 1.165) is 0 Å². The third-order valence-corrected chi connectivity index (χ3v) is 1.93. The van der Waals surface area contributed by atoms with Crippen LogP contribution in [-0.2, 0) is 0 Å². The van der Waals surface area contributed by atoms with Gasteiger partial charge in [-0.1, -0.05) is 0 Å². The van der Waals surface area contributed by atoms with Crippen LogP contribution in [0, 0.1) is 10.1 Å². The van der Waals surface area contributed by atoms with Gasteiger partial charge in [-0.15, -0.1) is 0 Å². The van der Waals surface area contributed by atoms with Crippen LogP contribution in [0.2, 0.25) is 0 Å². The third-order valence-electron chi connectivity index (χ3n) is 1.93. The van der Waals surface area contributed by atoms with Crippen molar-refractivity contribution in [3.63, 3.8) is 0 Å². The number of aromatic hydroxyl groups is 1. The van der Waals surface area contributed by atoms with Gasteiger partial charge in [0, 0.05) is 29.1 Å². The number of benzene rings is 1. The maximum absolute atomic E-state index is 10.5. The summed E-state index contributed by atoms with van der Waals surface area (Å²) in [7, 11) is 0. The van der Waals surface area contributed by atoms with Crippen molar-refractivity contribution in [1.82, 2.24) is 4.98 Å². The number of nitro benzene ring substituents is 1. The lowest BCUT2D eigenvalue weighted by Gasteiger charge is -1.98. The third kappa shape index (κ3) is 1.24. The highest BCUT2D eigenvalue weighted by Crippen LogP contribution is 2.26. The fourth-order valence-electron chi connectivity index (χ4n) is 1.26. The van der Waals surface area contributed by atoms with E-state index in [9.17, 15) is 15.2 Å². The van der Waals surface area contributed by atoms with E-state index in [-0.39, 0.29) is 11.4 Å². The largest absolute Gasteiger partial charge is 0.506 e. The molecule has 0 saturated heterocycles. The van der Waals surface area contributed by atoms with Crippen molar-refractivity contribution in [3.05, 3.63) is 40.7 Å². The molecule has 2 rings (SSSR count). The molecule has 0 atom stereocenters. The zero-order chi connectivity index (χ0) is 10.1. The van der Waals surface area contributed by atoms with Crippen molar-refractivity contribution in [2.45, 2.75) is 0 Å². The van der Waals surface area contributed by atoms with Crippen LogP contribution in [0.3, 0.4) is 0 Å². The van der Waals surface area contributed by atoms with Crippen LogP contribution in [0.1, 0.15) is 0 Å². The predicted octanol–water partition coefficient (Wildman–Crippen LogP) is 1.85. The van der Waals surface area contributed by atoms with E-state index in [2.05, 4.69) is 4.98 Å². The van der Waals surface area contributed by atoms with Crippen LogP contribution in [0.15, 0.2) is 30.6 Å². The van der Waals surface area contributed by atoms with E-state index in [0.29, 0.717) is 10.8 Å². The second kappa shape index (κ2) is 2.95. The molecule has 1 aromatic heterocycles. The summed E-state index contributed by atoms with van der Waals surface area (Å²) in [5.74, 6) is 0.0254. The summed E-state index contributed by atoms with van der Waals surface area (Å²) in [4.78, 5) is 13.7. The van der Waals surface area contributed by atoms with E-state index < -0.39 is 4.92 Å². The highest BCUT2D eigenvalue weighted by atomic mass is 16.6. The smallest absolute Gasteiger partial charge is 0.270 e. The molecule has 70 valence electrons. The van der Waals surface area contributed by atoms with Crippen molar-refractivity contribution in [3.8, 4) is 5.75 Å². The normalized spacial score (nSPS) is 10.3. The first-order chi connectivity index (χ1) is 6.68. The maximum Gasteiger partial charge on any atom is 0.270 e. The van der Waals surface area contributed by atoms with Crippen LogP contribution in [-0.4, -0.2) is 15.0 Å². The molecule has 0 bridgehead atoms. The number of non-ortho nitro benzene ring substituents is 1. The number of nitro groups is 1. The van der Waals surface area contributed by atoms with Crippen LogP contribution >= 0.6 is 0 Å². The molecule has 0 radical (unpaired) electrons. The highest BCUT2D eigenvalue weighted by Gasteiger charge is 2.07. The van der Waals surface area contributed by atoms with Gasteiger partial charge in [0.15, 0.2) is 0 Å². The molecule has 0 aliphatic carbocycles. The molecule has 5 nitrogen and oxygen atoms in total. The zero-order valence-electron chi connectivity index (χ0n) is 7.04. The summed E-state index contributed by atoms with van der Waals surface area (Å²) in [6.45, 7) is 0. The minimum Gasteiger partial charge on any atom is -0.506 e. The maximum atomic E-state index is 10.5. The predicted molar refractivity (Wildman–Crippen MR) is 50.1 cm³/mol. The topological polar surface area (TPSA) is 76.3 Å². The SMILES string of the molecule is O=[N+]([O-])c1ccc2c(O)cncc2c1. The van der Waals surface area contributed by atoms with Crippen molar-refractivity contribution < 1.29 is 10.0 Å². The first-order valence-electron chi connectivity index (χ1n) is 3.89. The van der Waals surface area contributed by atoms with Gasteiger partial charge in [0.2, 0.25) is 0 Å². The number of pyridine rings is 1. The Balaban J connectivity index is 2.73. The van der Waals surface area contributed by atoms with E-state index in [1.54, 1.807) is 0 Å². The van der Waals surface area contributed by atoms with Crippen LogP contribution in [0.25, 0.3) is 10.8 Å². The van der Waals surface area contributed by atoms with E-state index >= 15 is 0 Å².